The number of aromatic nitrogens is 5. The van der Waals surface area contributed by atoms with Gasteiger partial charge in [-0.3, -0.25) is 4.68 Å². The highest BCUT2D eigenvalue weighted by molar-refractivity contribution is 6.43. The molecule has 3 N–H and O–H groups in total. The van der Waals surface area contributed by atoms with Gasteiger partial charge in [0.25, 0.3) is 0 Å². The van der Waals surface area contributed by atoms with Crippen LogP contribution in [-0.4, -0.2) is 76.7 Å². The summed E-state index contributed by atoms with van der Waals surface area (Å²) in [5, 5.41) is 27.9. The second-order valence-corrected chi connectivity index (χ2v) is 9.90. The second-order valence-electron chi connectivity index (χ2n) is 9.90. The molecule has 1 atom stereocenters. The first-order valence-corrected chi connectivity index (χ1v) is 12.1. The van der Waals surface area contributed by atoms with E-state index in [1.807, 2.05) is 35.9 Å². The van der Waals surface area contributed by atoms with Crippen molar-refractivity contribution in [3.63, 3.8) is 0 Å². The maximum absolute atomic E-state index is 10.8. The third kappa shape index (κ3) is 5.28. The van der Waals surface area contributed by atoms with E-state index >= 15 is 0 Å². The average molecular weight is 500 g/mol. The topological polar surface area (TPSA) is 127 Å². The van der Waals surface area contributed by atoms with Crippen molar-refractivity contribution < 1.29 is 19.7 Å². The molecule has 4 aromatic heterocycles. The summed E-state index contributed by atoms with van der Waals surface area (Å²) in [5.74, 6) is 0.695. The molecule has 0 aromatic carbocycles. The van der Waals surface area contributed by atoms with Crippen LogP contribution in [0.4, 0.5) is 5.69 Å². The van der Waals surface area contributed by atoms with Crippen LogP contribution in [0.1, 0.15) is 31.1 Å². The Bertz CT molecular complexity index is 1420. The standard InChI is InChI=1S/C24H31B3N6O4/c1-13(2)33-20-18(30-12-15-7-5-9-28-21(15)36-4)11-17(31-19(20)14(3)32-33)16-8-6-10-29-22(16)37-24(27,35)23(25,26)34/h5-11,13,34-35H,12,25-27H2,1-4H3,(H,30,31). The summed E-state index contributed by atoms with van der Waals surface area (Å²) < 4.78 is 13.2. The molecule has 0 bridgehead atoms. The Hall–Kier alpha value is -3.57. The van der Waals surface area contributed by atoms with E-state index in [1.165, 1.54) is 23.5 Å². The number of fused-ring (bicyclic) bond motifs is 1. The molecule has 4 rings (SSSR count). The lowest BCUT2D eigenvalue weighted by atomic mass is 9.54. The Morgan fingerprint density at radius 1 is 1.08 bits per heavy atom. The Kier molecular flexibility index (Phi) is 7.21. The van der Waals surface area contributed by atoms with Gasteiger partial charge in [-0.05, 0) is 45.0 Å². The monoisotopic (exact) mass is 500 g/mol. The smallest absolute Gasteiger partial charge is 0.224 e. The Balaban J connectivity index is 1.85. The van der Waals surface area contributed by atoms with Gasteiger partial charge in [-0.25, -0.2) is 15.0 Å². The van der Waals surface area contributed by atoms with Crippen LogP contribution in [0.25, 0.3) is 22.3 Å². The van der Waals surface area contributed by atoms with E-state index in [0.29, 0.717) is 23.7 Å². The first-order valence-electron chi connectivity index (χ1n) is 12.1. The molecule has 37 heavy (non-hydrogen) atoms. The summed E-state index contributed by atoms with van der Waals surface area (Å²) in [7, 11) is 5.93. The van der Waals surface area contributed by atoms with Crippen molar-refractivity contribution in [2.75, 3.05) is 12.4 Å². The van der Waals surface area contributed by atoms with Gasteiger partial charge >= 0.3 is 0 Å². The SMILES string of the molecule is BC(B)(O)C(B)(O)Oc1ncccc1-c1cc(NCc2cccnc2OC)c2c(n1)c(C)nn2C(C)C. The number of nitrogens with one attached hydrogen (secondary N) is 1. The van der Waals surface area contributed by atoms with Crippen LogP contribution in [0.5, 0.6) is 11.8 Å². The fourth-order valence-electron chi connectivity index (χ4n) is 3.84. The minimum atomic E-state index is -1.89. The molecule has 10 nitrogen and oxygen atoms in total. The predicted molar refractivity (Wildman–Crippen MR) is 150 cm³/mol. The first kappa shape index (κ1) is 26.5. The number of aliphatic hydroxyl groups is 2. The van der Waals surface area contributed by atoms with Crippen molar-refractivity contribution >= 4 is 40.3 Å². The van der Waals surface area contributed by atoms with Crippen molar-refractivity contribution in [1.29, 1.82) is 0 Å². The summed E-state index contributed by atoms with van der Waals surface area (Å²) in [6, 6.07) is 9.42. The van der Waals surface area contributed by atoms with Crippen molar-refractivity contribution in [2.24, 2.45) is 0 Å². The minimum absolute atomic E-state index is 0.108. The highest BCUT2D eigenvalue weighted by atomic mass is 16.6. The zero-order valence-electron chi connectivity index (χ0n) is 22.3. The number of rotatable bonds is 9. The van der Waals surface area contributed by atoms with E-state index in [9.17, 15) is 10.2 Å². The number of aryl methyl sites for hydroxylation is 1. The van der Waals surface area contributed by atoms with Gasteiger partial charge in [-0.1, -0.05) is 6.07 Å². The normalized spacial score (nSPS) is 13.5. The van der Waals surface area contributed by atoms with Crippen LogP contribution < -0.4 is 14.8 Å². The lowest BCUT2D eigenvalue weighted by Crippen LogP contribution is -2.60. The Labute approximate surface area is 218 Å². The molecule has 1 unspecified atom stereocenters. The molecule has 0 aliphatic carbocycles. The third-order valence-electron chi connectivity index (χ3n) is 6.30. The molecule has 0 spiro atoms. The van der Waals surface area contributed by atoms with Gasteiger partial charge in [0, 0.05) is 30.5 Å². The van der Waals surface area contributed by atoms with Crippen molar-refractivity contribution in [2.45, 2.75) is 44.4 Å². The Morgan fingerprint density at radius 2 is 1.76 bits per heavy atom. The number of nitrogens with zero attached hydrogens (tertiary/aromatic N) is 5. The van der Waals surface area contributed by atoms with E-state index in [1.54, 1.807) is 25.6 Å². The molecule has 4 heterocycles. The number of pyridine rings is 3. The molecule has 0 aliphatic heterocycles. The maximum Gasteiger partial charge on any atom is 0.224 e. The molecule has 190 valence electrons. The van der Waals surface area contributed by atoms with Gasteiger partial charge < -0.3 is 25.0 Å². The summed E-state index contributed by atoms with van der Waals surface area (Å²) in [4.78, 5) is 13.6. The lowest BCUT2D eigenvalue weighted by molar-refractivity contribution is -0.132. The molecule has 0 saturated carbocycles. The zero-order chi connectivity index (χ0) is 27.0. The van der Waals surface area contributed by atoms with E-state index in [2.05, 4.69) is 29.1 Å². The predicted octanol–water partition coefficient (Wildman–Crippen LogP) is -0.0314. The van der Waals surface area contributed by atoms with Crippen molar-refractivity contribution in [3.05, 3.63) is 54.0 Å². The molecule has 0 amide bonds. The zero-order valence-corrected chi connectivity index (χ0v) is 22.3. The van der Waals surface area contributed by atoms with Gasteiger partial charge in [0.15, 0.2) is 13.5 Å². The van der Waals surface area contributed by atoms with E-state index < -0.39 is 11.1 Å². The highest BCUT2D eigenvalue weighted by Crippen LogP contribution is 2.36. The number of methoxy groups -OCH3 is 1. The number of hydrogen-bond donors (Lipinski definition) is 3. The molecule has 4 aromatic rings. The quantitative estimate of drug-likeness (QED) is 0.215. The summed E-state index contributed by atoms with van der Waals surface area (Å²) in [6.45, 7) is 6.52. The highest BCUT2D eigenvalue weighted by Gasteiger charge is 2.40. The molecule has 0 saturated heterocycles. The summed E-state index contributed by atoms with van der Waals surface area (Å²) in [5.41, 5.74) is 3.34. The van der Waals surface area contributed by atoms with Crippen LogP contribution >= 0.6 is 0 Å². The number of anilines is 1. The van der Waals surface area contributed by atoms with Crippen LogP contribution in [0.15, 0.2) is 42.7 Å². The second kappa shape index (κ2) is 10.1. The maximum atomic E-state index is 10.8. The van der Waals surface area contributed by atoms with Crippen LogP contribution in [0.3, 0.4) is 0 Å². The summed E-state index contributed by atoms with van der Waals surface area (Å²) in [6.07, 6.45) is 3.25. The largest absolute Gasteiger partial charge is 0.481 e. The fourth-order valence-corrected chi connectivity index (χ4v) is 3.84. The van der Waals surface area contributed by atoms with E-state index in [0.717, 1.165) is 28.0 Å². The minimum Gasteiger partial charge on any atom is -0.481 e. The fraction of sp³-hybridized carbons (Fsp3) is 0.333. The van der Waals surface area contributed by atoms with Gasteiger partial charge in [-0.15, -0.1) is 0 Å². The lowest BCUT2D eigenvalue weighted by Gasteiger charge is -2.36. The number of ether oxygens (including phenoxy) is 2. The average Bonchev–Trinajstić information content (AvgIpc) is 3.19. The third-order valence-corrected chi connectivity index (χ3v) is 6.30. The first-order chi connectivity index (χ1) is 17.4. The molecule has 0 radical (unpaired) electrons. The van der Waals surface area contributed by atoms with Crippen LogP contribution in [0, 0.1) is 6.92 Å². The molecule has 0 fully saturated rings. The van der Waals surface area contributed by atoms with Gasteiger partial charge in [-0.2, -0.15) is 5.10 Å². The van der Waals surface area contributed by atoms with Crippen LogP contribution in [0.2, 0.25) is 0 Å². The van der Waals surface area contributed by atoms with Crippen LogP contribution in [-0.2, 0) is 6.54 Å². The van der Waals surface area contributed by atoms with Crippen molar-refractivity contribution in [1.82, 2.24) is 24.7 Å². The number of hydrogen-bond acceptors (Lipinski definition) is 9. The van der Waals surface area contributed by atoms with Gasteiger partial charge in [0.2, 0.25) is 11.8 Å². The van der Waals surface area contributed by atoms with Gasteiger partial charge in [0.1, 0.15) is 26.7 Å². The van der Waals surface area contributed by atoms with E-state index in [4.69, 9.17) is 19.6 Å². The van der Waals surface area contributed by atoms with E-state index in [-0.39, 0.29) is 11.9 Å². The van der Waals surface area contributed by atoms with Gasteiger partial charge in [0.05, 0.1) is 35.1 Å². The summed E-state index contributed by atoms with van der Waals surface area (Å²) >= 11 is 0. The molecular formula is C24H31B3N6O4. The molecular weight excluding hydrogens is 469 g/mol. The van der Waals surface area contributed by atoms with Crippen molar-refractivity contribution in [3.8, 4) is 23.0 Å². The Morgan fingerprint density at radius 3 is 2.41 bits per heavy atom. The molecule has 13 heteroatoms. The molecule has 0 aliphatic rings.